The van der Waals surface area contributed by atoms with Crippen LogP contribution in [0.25, 0.3) is 0 Å². The Bertz CT molecular complexity index is 618. The zero-order valence-electron chi connectivity index (χ0n) is 13.2. The lowest BCUT2D eigenvalue weighted by molar-refractivity contribution is -0.170. The first-order valence-corrected chi connectivity index (χ1v) is 6.70. The minimum Gasteiger partial charge on any atom is -0.477 e. The van der Waals surface area contributed by atoms with Crippen molar-refractivity contribution >= 4 is 18.1 Å². The van der Waals surface area contributed by atoms with Crippen molar-refractivity contribution in [2.24, 2.45) is 0 Å². The van der Waals surface area contributed by atoms with Crippen LogP contribution in [0.5, 0.6) is 5.75 Å². The van der Waals surface area contributed by atoms with Crippen LogP contribution in [0.3, 0.4) is 0 Å². The summed E-state index contributed by atoms with van der Waals surface area (Å²) in [5.41, 5.74) is -0.858. The summed E-state index contributed by atoms with van der Waals surface area (Å²) in [6.07, 6.45) is -0.945. The molecule has 0 amide bonds. The molecule has 24 heavy (non-hydrogen) atoms. The lowest BCUT2D eigenvalue weighted by atomic mass is 10.2. The van der Waals surface area contributed by atoms with Crippen molar-refractivity contribution in [3.05, 3.63) is 29.8 Å². The van der Waals surface area contributed by atoms with Crippen LogP contribution in [0.4, 0.5) is 13.6 Å². The molecule has 0 aliphatic carbocycles. The van der Waals surface area contributed by atoms with Crippen molar-refractivity contribution in [1.29, 1.82) is 0 Å². The molecule has 0 heterocycles. The molecule has 1 aromatic rings. The van der Waals surface area contributed by atoms with E-state index in [1.165, 1.54) is 24.3 Å². The highest BCUT2D eigenvalue weighted by Gasteiger charge is 2.40. The summed E-state index contributed by atoms with van der Waals surface area (Å²) in [4.78, 5) is 33.2. The molecule has 1 aromatic carbocycles. The van der Waals surface area contributed by atoms with Gasteiger partial charge in [0.25, 0.3) is 0 Å². The third kappa shape index (κ3) is 6.19. The van der Waals surface area contributed by atoms with Crippen LogP contribution in [0.15, 0.2) is 24.3 Å². The molecule has 132 valence electrons. The minimum absolute atomic E-state index is 0.0664. The number of carbonyl (C=O) groups excluding carboxylic acids is 2. The van der Waals surface area contributed by atoms with Gasteiger partial charge in [0.2, 0.25) is 0 Å². The van der Waals surface area contributed by atoms with E-state index in [-0.39, 0.29) is 11.3 Å². The monoisotopic (exact) mass is 346 g/mol. The third-order valence-electron chi connectivity index (χ3n) is 2.38. The van der Waals surface area contributed by atoms with Crippen molar-refractivity contribution in [1.82, 2.24) is 0 Å². The first-order valence-electron chi connectivity index (χ1n) is 6.70. The Kier molecular flexibility index (Phi) is 5.83. The number of alkyl halides is 2. The maximum Gasteiger partial charge on any atom is 0.514 e. The summed E-state index contributed by atoms with van der Waals surface area (Å²) >= 11 is 0. The standard InChI is InChI=1S/C15H16F2O7/c1-14(2,3)24-13(21)23-10-6-4-9(5-7-10)11(18)22-8-15(16,17)12(19)20/h4-7H,8H2,1-3H3,(H,19,20). The summed E-state index contributed by atoms with van der Waals surface area (Å²) in [5, 5.41) is 8.22. The fourth-order valence-electron chi connectivity index (χ4n) is 1.33. The number of carboxylic acid groups (broad SMARTS) is 1. The van der Waals surface area contributed by atoms with E-state index in [4.69, 9.17) is 14.6 Å². The summed E-state index contributed by atoms with van der Waals surface area (Å²) in [6, 6.07) is 4.80. The van der Waals surface area contributed by atoms with Gasteiger partial charge in [0, 0.05) is 0 Å². The van der Waals surface area contributed by atoms with E-state index in [1.807, 2.05) is 0 Å². The number of hydrogen-bond donors (Lipinski definition) is 1. The maximum atomic E-state index is 12.8. The molecule has 1 rings (SSSR count). The van der Waals surface area contributed by atoms with Gasteiger partial charge < -0.3 is 19.3 Å². The Hall–Kier alpha value is -2.71. The van der Waals surface area contributed by atoms with Gasteiger partial charge >= 0.3 is 24.0 Å². The molecule has 0 saturated carbocycles. The molecule has 0 unspecified atom stereocenters. The molecular weight excluding hydrogens is 330 g/mol. The van der Waals surface area contributed by atoms with Gasteiger partial charge in [0.05, 0.1) is 5.56 Å². The second-order valence-electron chi connectivity index (χ2n) is 5.68. The highest BCUT2D eigenvalue weighted by atomic mass is 19.3. The van der Waals surface area contributed by atoms with Crippen LogP contribution in [0, 0.1) is 0 Å². The topological polar surface area (TPSA) is 99.1 Å². The quantitative estimate of drug-likeness (QED) is 0.646. The SMILES string of the molecule is CC(C)(C)OC(=O)Oc1ccc(C(=O)OCC(F)(F)C(=O)O)cc1. The summed E-state index contributed by atoms with van der Waals surface area (Å²) in [5.74, 6) is -7.64. The van der Waals surface area contributed by atoms with Gasteiger partial charge in [0.15, 0.2) is 6.61 Å². The van der Waals surface area contributed by atoms with Gasteiger partial charge in [-0.3, -0.25) is 0 Å². The Balaban J connectivity index is 2.62. The number of rotatable bonds is 5. The van der Waals surface area contributed by atoms with Gasteiger partial charge in [-0.1, -0.05) is 0 Å². The predicted molar refractivity (Wildman–Crippen MR) is 76.2 cm³/mol. The number of benzene rings is 1. The van der Waals surface area contributed by atoms with Crippen LogP contribution in [-0.4, -0.2) is 41.3 Å². The van der Waals surface area contributed by atoms with E-state index in [2.05, 4.69) is 4.74 Å². The first kappa shape index (κ1) is 19.3. The highest BCUT2D eigenvalue weighted by Crippen LogP contribution is 2.18. The van der Waals surface area contributed by atoms with Gasteiger partial charge in [-0.2, -0.15) is 8.78 Å². The number of carbonyl (C=O) groups is 3. The van der Waals surface area contributed by atoms with E-state index in [0.717, 1.165) is 0 Å². The van der Waals surface area contributed by atoms with Crippen LogP contribution >= 0.6 is 0 Å². The molecule has 0 atom stereocenters. The molecule has 7 nitrogen and oxygen atoms in total. The average molecular weight is 346 g/mol. The number of halogens is 2. The van der Waals surface area contributed by atoms with E-state index >= 15 is 0 Å². The fourth-order valence-corrected chi connectivity index (χ4v) is 1.33. The third-order valence-corrected chi connectivity index (χ3v) is 2.38. The maximum absolute atomic E-state index is 12.8. The second-order valence-corrected chi connectivity index (χ2v) is 5.68. The molecular formula is C15H16F2O7. The van der Waals surface area contributed by atoms with Gasteiger partial charge in [-0.15, -0.1) is 0 Å². The lowest BCUT2D eigenvalue weighted by Gasteiger charge is -2.18. The summed E-state index contributed by atoms with van der Waals surface area (Å²) < 4.78 is 39.7. The lowest BCUT2D eigenvalue weighted by Crippen LogP contribution is -2.34. The normalized spacial score (nSPS) is 11.5. The Morgan fingerprint density at radius 3 is 2.08 bits per heavy atom. The van der Waals surface area contributed by atoms with Crippen molar-refractivity contribution in [2.45, 2.75) is 32.3 Å². The van der Waals surface area contributed by atoms with E-state index in [0.29, 0.717) is 0 Å². The number of esters is 1. The number of aliphatic carboxylic acids is 1. The first-order chi connectivity index (χ1) is 10.9. The smallest absolute Gasteiger partial charge is 0.477 e. The average Bonchev–Trinajstić information content (AvgIpc) is 2.43. The Labute approximate surface area is 136 Å². The molecule has 1 N–H and O–H groups in total. The summed E-state index contributed by atoms with van der Waals surface area (Å²) in [6.45, 7) is 3.37. The van der Waals surface area contributed by atoms with E-state index in [9.17, 15) is 23.2 Å². The number of hydrogen-bond acceptors (Lipinski definition) is 6. The molecule has 0 bridgehead atoms. The molecule has 0 spiro atoms. The second kappa shape index (κ2) is 7.24. The molecule has 0 aromatic heterocycles. The molecule has 0 fully saturated rings. The molecule has 0 aliphatic heterocycles. The molecule has 9 heteroatoms. The van der Waals surface area contributed by atoms with Crippen molar-refractivity contribution in [2.75, 3.05) is 6.61 Å². The Morgan fingerprint density at radius 2 is 1.62 bits per heavy atom. The van der Waals surface area contributed by atoms with Crippen LogP contribution < -0.4 is 4.74 Å². The van der Waals surface area contributed by atoms with E-state index < -0.39 is 36.2 Å². The summed E-state index contributed by atoms with van der Waals surface area (Å²) in [7, 11) is 0. The van der Waals surface area contributed by atoms with Crippen LogP contribution in [-0.2, 0) is 14.3 Å². The predicted octanol–water partition coefficient (Wildman–Crippen LogP) is 2.88. The van der Waals surface area contributed by atoms with Gasteiger partial charge in [-0.25, -0.2) is 14.4 Å². The van der Waals surface area contributed by atoms with Gasteiger partial charge in [0.1, 0.15) is 11.4 Å². The zero-order valence-corrected chi connectivity index (χ0v) is 13.2. The van der Waals surface area contributed by atoms with Crippen LogP contribution in [0.2, 0.25) is 0 Å². The zero-order chi connectivity index (χ0) is 18.5. The Morgan fingerprint density at radius 1 is 1.08 bits per heavy atom. The number of ether oxygens (including phenoxy) is 3. The van der Waals surface area contributed by atoms with Crippen molar-refractivity contribution in [3.63, 3.8) is 0 Å². The largest absolute Gasteiger partial charge is 0.514 e. The molecule has 0 saturated heterocycles. The van der Waals surface area contributed by atoms with Crippen molar-refractivity contribution < 1.29 is 42.5 Å². The molecule has 0 radical (unpaired) electrons. The van der Waals surface area contributed by atoms with Gasteiger partial charge in [-0.05, 0) is 45.0 Å². The van der Waals surface area contributed by atoms with Crippen LogP contribution in [0.1, 0.15) is 31.1 Å². The molecule has 0 aliphatic rings. The fraction of sp³-hybridized carbons (Fsp3) is 0.400. The highest BCUT2D eigenvalue weighted by molar-refractivity contribution is 5.90. The van der Waals surface area contributed by atoms with E-state index in [1.54, 1.807) is 20.8 Å². The minimum atomic E-state index is -4.17. The number of carboxylic acids is 1. The van der Waals surface area contributed by atoms with Crippen molar-refractivity contribution in [3.8, 4) is 5.75 Å².